The highest BCUT2D eigenvalue weighted by molar-refractivity contribution is 6.09. The van der Waals surface area contributed by atoms with Gasteiger partial charge in [-0.3, -0.25) is 0 Å². The number of para-hydroxylation sites is 3. The largest absolute Gasteiger partial charge is 0.309 e. The van der Waals surface area contributed by atoms with E-state index in [2.05, 4.69) is 95.6 Å². The molecule has 198 valence electrons. The van der Waals surface area contributed by atoms with Gasteiger partial charge in [-0.05, 0) is 77.4 Å². The minimum absolute atomic E-state index is 0.254. The SMILES string of the molecule is Fc1ccc(-c2ccc3ccccc3n2)cc1-c1cccc(-c2cccc(-n3c4ccccc4c4ccccc43)c2)c1. The van der Waals surface area contributed by atoms with Gasteiger partial charge in [-0.1, -0.05) is 91.0 Å². The van der Waals surface area contributed by atoms with Crippen LogP contribution in [0.1, 0.15) is 0 Å². The van der Waals surface area contributed by atoms with Crippen LogP contribution >= 0.6 is 0 Å². The number of fused-ring (bicyclic) bond motifs is 4. The molecule has 0 amide bonds. The van der Waals surface area contributed by atoms with Gasteiger partial charge in [-0.15, -0.1) is 0 Å². The molecular formula is C39H25FN2. The standard InChI is InChI=1S/C39H25FN2/c40-35-21-19-30(37-22-20-26-9-1-4-16-36(26)41-37)25-34(35)29-12-7-10-27(23-29)28-11-8-13-31(24-28)42-38-17-5-2-14-32(38)33-15-3-6-18-39(33)42/h1-25H. The van der Waals surface area contributed by atoms with Crippen molar-refractivity contribution >= 4 is 32.7 Å². The van der Waals surface area contributed by atoms with Crippen molar-refractivity contribution in [2.24, 2.45) is 0 Å². The van der Waals surface area contributed by atoms with E-state index < -0.39 is 0 Å². The minimum Gasteiger partial charge on any atom is -0.309 e. The van der Waals surface area contributed by atoms with Gasteiger partial charge in [-0.25, -0.2) is 9.37 Å². The molecule has 0 aliphatic rings. The average Bonchev–Trinajstić information content (AvgIpc) is 3.39. The summed E-state index contributed by atoms with van der Waals surface area (Å²) in [5, 5.41) is 3.55. The molecule has 0 radical (unpaired) electrons. The van der Waals surface area contributed by atoms with E-state index >= 15 is 4.39 Å². The number of hydrogen-bond acceptors (Lipinski definition) is 1. The van der Waals surface area contributed by atoms with Gasteiger partial charge in [0, 0.05) is 33.0 Å². The fourth-order valence-electron chi connectivity index (χ4n) is 6.02. The Morgan fingerprint density at radius 1 is 0.476 bits per heavy atom. The summed E-state index contributed by atoms with van der Waals surface area (Å²) in [6.45, 7) is 0. The molecule has 6 aromatic carbocycles. The van der Waals surface area contributed by atoms with E-state index in [1.165, 1.54) is 27.9 Å². The molecular weight excluding hydrogens is 515 g/mol. The molecule has 0 fully saturated rings. The highest BCUT2D eigenvalue weighted by Crippen LogP contribution is 2.35. The first-order valence-corrected chi connectivity index (χ1v) is 14.1. The van der Waals surface area contributed by atoms with Gasteiger partial charge in [0.1, 0.15) is 5.82 Å². The number of rotatable bonds is 4. The maximum absolute atomic E-state index is 15.3. The van der Waals surface area contributed by atoms with Gasteiger partial charge in [0.25, 0.3) is 0 Å². The molecule has 0 spiro atoms. The van der Waals surface area contributed by atoms with Gasteiger partial charge < -0.3 is 4.57 Å². The second kappa shape index (κ2) is 9.83. The zero-order valence-electron chi connectivity index (χ0n) is 22.7. The van der Waals surface area contributed by atoms with E-state index in [9.17, 15) is 0 Å². The van der Waals surface area contributed by atoms with Gasteiger partial charge in [-0.2, -0.15) is 0 Å². The highest BCUT2D eigenvalue weighted by Gasteiger charge is 2.13. The molecule has 42 heavy (non-hydrogen) atoms. The number of aromatic nitrogens is 2. The predicted molar refractivity (Wildman–Crippen MR) is 172 cm³/mol. The zero-order chi connectivity index (χ0) is 28.0. The van der Waals surface area contributed by atoms with Crippen molar-refractivity contribution in [3.8, 4) is 39.2 Å². The van der Waals surface area contributed by atoms with Crippen LogP contribution < -0.4 is 0 Å². The van der Waals surface area contributed by atoms with Crippen molar-refractivity contribution in [2.75, 3.05) is 0 Å². The van der Waals surface area contributed by atoms with E-state index in [4.69, 9.17) is 4.98 Å². The number of nitrogens with zero attached hydrogens (tertiary/aromatic N) is 2. The van der Waals surface area contributed by atoms with E-state index in [1.54, 1.807) is 6.07 Å². The normalized spacial score (nSPS) is 11.5. The lowest BCUT2D eigenvalue weighted by atomic mass is 9.96. The van der Waals surface area contributed by atoms with Crippen molar-refractivity contribution in [1.82, 2.24) is 9.55 Å². The Bertz CT molecular complexity index is 2220. The predicted octanol–water partition coefficient (Wildman–Crippen LogP) is 10.5. The van der Waals surface area contributed by atoms with Crippen LogP contribution in [0.5, 0.6) is 0 Å². The molecule has 0 unspecified atom stereocenters. The summed E-state index contributed by atoms with van der Waals surface area (Å²) >= 11 is 0. The lowest BCUT2D eigenvalue weighted by molar-refractivity contribution is 0.631. The second-order valence-corrected chi connectivity index (χ2v) is 10.6. The first-order valence-electron chi connectivity index (χ1n) is 14.1. The van der Waals surface area contributed by atoms with Crippen molar-refractivity contribution in [3.63, 3.8) is 0 Å². The molecule has 8 aromatic rings. The van der Waals surface area contributed by atoms with E-state index in [1.807, 2.05) is 48.5 Å². The van der Waals surface area contributed by atoms with Crippen LogP contribution in [-0.4, -0.2) is 9.55 Å². The van der Waals surface area contributed by atoms with Gasteiger partial charge in [0.2, 0.25) is 0 Å². The number of benzene rings is 6. The van der Waals surface area contributed by atoms with E-state index in [-0.39, 0.29) is 5.82 Å². The summed E-state index contributed by atoms with van der Waals surface area (Å²) in [5.74, 6) is -0.254. The molecule has 0 bridgehead atoms. The first-order chi connectivity index (χ1) is 20.7. The highest BCUT2D eigenvalue weighted by atomic mass is 19.1. The lowest BCUT2D eigenvalue weighted by Crippen LogP contribution is -1.94. The molecule has 2 aromatic heterocycles. The Kier molecular flexibility index (Phi) is 5.68. The van der Waals surface area contributed by atoms with Crippen LogP contribution in [0.25, 0.3) is 71.9 Å². The van der Waals surface area contributed by atoms with Crippen LogP contribution in [0.4, 0.5) is 4.39 Å². The van der Waals surface area contributed by atoms with Gasteiger partial charge >= 0.3 is 0 Å². The van der Waals surface area contributed by atoms with Crippen molar-refractivity contribution in [1.29, 1.82) is 0 Å². The van der Waals surface area contributed by atoms with Gasteiger partial charge in [0.05, 0.1) is 22.2 Å². The summed E-state index contributed by atoms with van der Waals surface area (Å²) in [6.07, 6.45) is 0. The van der Waals surface area contributed by atoms with Crippen LogP contribution in [-0.2, 0) is 0 Å². The molecule has 0 N–H and O–H groups in total. The number of hydrogen-bond donors (Lipinski definition) is 0. The van der Waals surface area contributed by atoms with Crippen LogP contribution in [0.2, 0.25) is 0 Å². The molecule has 2 heterocycles. The molecule has 3 heteroatoms. The molecule has 0 atom stereocenters. The Balaban J connectivity index is 1.21. The molecule has 0 aliphatic heterocycles. The molecule has 0 aliphatic carbocycles. The fraction of sp³-hybridized carbons (Fsp3) is 0. The first kappa shape index (κ1) is 24.3. The number of pyridine rings is 1. The zero-order valence-corrected chi connectivity index (χ0v) is 22.7. The average molecular weight is 541 g/mol. The third-order valence-electron chi connectivity index (χ3n) is 8.05. The quantitative estimate of drug-likeness (QED) is 0.217. The van der Waals surface area contributed by atoms with Crippen molar-refractivity contribution in [3.05, 3.63) is 157 Å². The Morgan fingerprint density at radius 2 is 1.14 bits per heavy atom. The molecule has 2 nitrogen and oxygen atoms in total. The maximum Gasteiger partial charge on any atom is 0.131 e. The topological polar surface area (TPSA) is 17.8 Å². The third kappa shape index (κ3) is 4.06. The monoisotopic (exact) mass is 540 g/mol. The summed E-state index contributed by atoms with van der Waals surface area (Å²) in [4.78, 5) is 4.83. The van der Waals surface area contributed by atoms with E-state index in [0.717, 1.165) is 44.5 Å². The smallest absolute Gasteiger partial charge is 0.131 e. The Morgan fingerprint density at radius 3 is 1.95 bits per heavy atom. The summed E-state index contributed by atoms with van der Waals surface area (Å²) < 4.78 is 17.6. The third-order valence-corrected chi connectivity index (χ3v) is 8.05. The van der Waals surface area contributed by atoms with Crippen molar-refractivity contribution in [2.45, 2.75) is 0 Å². The minimum atomic E-state index is -0.254. The van der Waals surface area contributed by atoms with Crippen LogP contribution in [0.15, 0.2) is 152 Å². The number of halogens is 1. The second-order valence-electron chi connectivity index (χ2n) is 10.6. The molecule has 0 saturated carbocycles. The Hall–Kier alpha value is -5.54. The van der Waals surface area contributed by atoms with Crippen LogP contribution in [0, 0.1) is 5.82 Å². The lowest BCUT2D eigenvalue weighted by Gasteiger charge is -2.12. The maximum atomic E-state index is 15.3. The summed E-state index contributed by atoms with van der Waals surface area (Å²) in [7, 11) is 0. The molecule has 0 saturated heterocycles. The molecule has 8 rings (SSSR count). The fourth-order valence-corrected chi connectivity index (χ4v) is 6.02. The Labute approximate surface area is 243 Å². The van der Waals surface area contributed by atoms with Crippen LogP contribution in [0.3, 0.4) is 0 Å². The van der Waals surface area contributed by atoms with Crippen molar-refractivity contribution < 1.29 is 4.39 Å². The summed E-state index contributed by atoms with van der Waals surface area (Å²) in [5.41, 5.74) is 9.56. The van der Waals surface area contributed by atoms with E-state index in [0.29, 0.717) is 5.56 Å². The van der Waals surface area contributed by atoms with Gasteiger partial charge in [0.15, 0.2) is 0 Å². The summed E-state index contributed by atoms with van der Waals surface area (Å²) in [6, 6.07) is 51.1.